The number of amides is 1. The highest BCUT2D eigenvalue weighted by Gasteiger charge is 2.41. The fraction of sp³-hybridized carbons (Fsp3) is 0.875. The number of ether oxygens (including phenoxy) is 2. The van der Waals surface area contributed by atoms with Crippen LogP contribution in [0.5, 0.6) is 0 Å². The molecule has 1 atom stereocenters. The van der Waals surface area contributed by atoms with Crippen molar-refractivity contribution in [3.8, 4) is 0 Å². The lowest BCUT2D eigenvalue weighted by molar-refractivity contribution is -0.185. The monoisotopic (exact) mass is 353 g/mol. The first-order chi connectivity index (χ1) is 10.9. The van der Waals surface area contributed by atoms with Crippen molar-refractivity contribution in [1.82, 2.24) is 5.32 Å². The Labute approximate surface area is 140 Å². The number of alkyl carbamates (subject to hydrolysis) is 1. The molecular formula is C16H26F3NO4. The fourth-order valence-corrected chi connectivity index (χ4v) is 2.52. The summed E-state index contributed by atoms with van der Waals surface area (Å²) in [6.07, 6.45) is -3.98. The van der Waals surface area contributed by atoms with Crippen LogP contribution >= 0.6 is 0 Å². The zero-order chi connectivity index (χ0) is 18.5. The van der Waals surface area contributed by atoms with Gasteiger partial charge in [-0.1, -0.05) is 0 Å². The smallest absolute Gasteiger partial charge is 0.408 e. The predicted molar refractivity (Wildman–Crippen MR) is 81.3 cm³/mol. The van der Waals surface area contributed by atoms with Gasteiger partial charge in [0.05, 0.1) is 12.5 Å². The van der Waals surface area contributed by atoms with Crippen molar-refractivity contribution in [3.63, 3.8) is 0 Å². The van der Waals surface area contributed by atoms with Crippen LogP contribution in [-0.4, -0.2) is 36.5 Å². The summed E-state index contributed by atoms with van der Waals surface area (Å²) in [4.78, 5) is 23.4. The largest absolute Gasteiger partial charge is 0.464 e. The van der Waals surface area contributed by atoms with E-state index in [-0.39, 0.29) is 25.4 Å². The lowest BCUT2D eigenvalue weighted by Gasteiger charge is -2.29. The second-order valence-corrected chi connectivity index (χ2v) is 7.26. The first kappa shape index (κ1) is 20.6. The molecule has 0 aromatic carbocycles. The molecule has 1 aliphatic rings. The van der Waals surface area contributed by atoms with E-state index >= 15 is 0 Å². The maximum atomic E-state index is 12.6. The van der Waals surface area contributed by atoms with Gasteiger partial charge in [0.2, 0.25) is 0 Å². The van der Waals surface area contributed by atoms with Crippen LogP contribution < -0.4 is 5.32 Å². The molecule has 0 spiro atoms. The third-order valence-electron chi connectivity index (χ3n) is 3.86. The van der Waals surface area contributed by atoms with E-state index in [1.54, 1.807) is 20.8 Å². The molecule has 0 aromatic heterocycles. The van der Waals surface area contributed by atoms with Crippen LogP contribution in [0.4, 0.5) is 18.0 Å². The Morgan fingerprint density at radius 1 is 1.12 bits per heavy atom. The molecule has 1 rings (SSSR count). The van der Waals surface area contributed by atoms with E-state index < -0.39 is 35.8 Å². The number of hydrogen-bond acceptors (Lipinski definition) is 4. The van der Waals surface area contributed by atoms with E-state index in [1.807, 2.05) is 0 Å². The molecule has 24 heavy (non-hydrogen) atoms. The minimum Gasteiger partial charge on any atom is -0.464 e. The molecule has 0 radical (unpaired) electrons. The molecule has 1 fully saturated rings. The SMILES string of the molecule is C[C@H](NC(=O)OC(C)(C)C)C(=O)OCC1CCC(C(F)(F)F)CC1. The molecular weight excluding hydrogens is 327 g/mol. The van der Waals surface area contributed by atoms with Gasteiger partial charge in [-0.25, -0.2) is 9.59 Å². The van der Waals surface area contributed by atoms with E-state index in [1.165, 1.54) is 6.92 Å². The van der Waals surface area contributed by atoms with Crippen LogP contribution in [0.25, 0.3) is 0 Å². The lowest BCUT2D eigenvalue weighted by atomic mass is 9.82. The summed E-state index contributed by atoms with van der Waals surface area (Å²) < 4.78 is 47.9. The van der Waals surface area contributed by atoms with Crippen LogP contribution in [0.15, 0.2) is 0 Å². The summed E-state index contributed by atoms with van der Waals surface area (Å²) in [5.74, 6) is -1.95. The molecule has 1 amide bonds. The maximum Gasteiger partial charge on any atom is 0.408 e. The minimum absolute atomic E-state index is 0.0669. The standard InChI is InChI=1S/C16H26F3NO4/c1-10(20-14(22)24-15(2,3)4)13(21)23-9-11-5-7-12(8-6-11)16(17,18)19/h10-12H,5-9H2,1-4H3,(H,20,22)/t10-,11?,12?/m0/s1. The molecule has 140 valence electrons. The van der Waals surface area contributed by atoms with E-state index in [2.05, 4.69) is 5.32 Å². The number of halogens is 3. The lowest BCUT2D eigenvalue weighted by Crippen LogP contribution is -2.42. The molecule has 1 N–H and O–H groups in total. The first-order valence-corrected chi connectivity index (χ1v) is 8.11. The van der Waals surface area contributed by atoms with Crippen molar-refractivity contribution in [2.75, 3.05) is 6.61 Å². The van der Waals surface area contributed by atoms with Gasteiger partial charge in [0.25, 0.3) is 0 Å². The summed E-state index contributed by atoms with van der Waals surface area (Å²) in [6.45, 7) is 6.64. The van der Waals surface area contributed by atoms with Crippen molar-refractivity contribution in [2.24, 2.45) is 11.8 Å². The van der Waals surface area contributed by atoms with Crippen LogP contribution in [0.2, 0.25) is 0 Å². The van der Waals surface area contributed by atoms with Gasteiger partial charge in [-0.2, -0.15) is 13.2 Å². The van der Waals surface area contributed by atoms with Crippen LogP contribution in [-0.2, 0) is 14.3 Å². The molecule has 1 aliphatic carbocycles. The Bertz CT molecular complexity index is 438. The average Bonchev–Trinajstić information content (AvgIpc) is 2.42. The quantitative estimate of drug-likeness (QED) is 0.781. The molecule has 8 heteroatoms. The topological polar surface area (TPSA) is 64.6 Å². The van der Waals surface area contributed by atoms with Crippen molar-refractivity contribution in [2.45, 2.75) is 71.2 Å². The Balaban J connectivity index is 2.30. The molecule has 0 heterocycles. The second-order valence-electron chi connectivity index (χ2n) is 7.26. The normalized spacial score (nSPS) is 23.3. The number of carbonyl (C=O) groups excluding carboxylic acids is 2. The van der Waals surface area contributed by atoms with E-state index in [0.717, 1.165) is 0 Å². The Kier molecular flexibility index (Phi) is 6.92. The first-order valence-electron chi connectivity index (χ1n) is 8.11. The van der Waals surface area contributed by atoms with Crippen molar-refractivity contribution >= 4 is 12.1 Å². The van der Waals surface area contributed by atoms with Gasteiger partial charge < -0.3 is 14.8 Å². The van der Waals surface area contributed by atoms with Gasteiger partial charge in [-0.05, 0) is 59.3 Å². The Morgan fingerprint density at radius 3 is 2.12 bits per heavy atom. The summed E-state index contributed by atoms with van der Waals surface area (Å²) >= 11 is 0. The third kappa shape index (κ3) is 7.40. The highest BCUT2D eigenvalue weighted by Crippen LogP contribution is 2.39. The fourth-order valence-electron chi connectivity index (χ4n) is 2.52. The third-order valence-corrected chi connectivity index (χ3v) is 3.86. The Morgan fingerprint density at radius 2 is 1.67 bits per heavy atom. The van der Waals surface area contributed by atoms with Gasteiger partial charge in [0.1, 0.15) is 11.6 Å². The molecule has 1 saturated carbocycles. The van der Waals surface area contributed by atoms with Gasteiger partial charge in [-0.15, -0.1) is 0 Å². The van der Waals surface area contributed by atoms with Gasteiger partial charge >= 0.3 is 18.2 Å². The van der Waals surface area contributed by atoms with Crippen molar-refractivity contribution in [1.29, 1.82) is 0 Å². The number of esters is 1. The van der Waals surface area contributed by atoms with Gasteiger partial charge in [0, 0.05) is 0 Å². The minimum atomic E-state index is -4.15. The molecule has 0 unspecified atom stereocenters. The van der Waals surface area contributed by atoms with Crippen LogP contribution in [0.3, 0.4) is 0 Å². The maximum absolute atomic E-state index is 12.6. The van der Waals surface area contributed by atoms with Gasteiger partial charge in [0.15, 0.2) is 0 Å². The van der Waals surface area contributed by atoms with Crippen molar-refractivity contribution in [3.05, 3.63) is 0 Å². The summed E-state index contributed by atoms with van der Waals surface area (Å²) in [7, 11) is 0. The zero-order valence-corrected chi connectivity index (χ0v) is 14.5. The Hall–Kier alpha value is -1.47. The highest BCUT2D eigenvalue weighted by atomic mass is 19.4. The summed E-state index contributed by atoms with van der Waals surface area (Å²) in [5.41, 5.74) is -0.676. The highest BCUT2D eigenvalue weighted by molar-refractivity contribution is 5.81. The summed E-state index contributed by atoms with van der Waals surface area (Å²) in [6, 6.07) is -0.883. The van der Waals surface area contributed by atoms with Gasteiger partial charge in [-0.3, -0.25) is 0 Å². The number of hydrogen-bond donors (Lipinski definition) is 1. The second kappa shape index (κ2) is 8.07. The molecule has 0 bridgehead atoms. The van der Waals surface area contributed by atoms with Crippen molar-refractivity contribution < 1.29 is 32.2 Å². The van der Waals surface area contributed by atoms with E-state index in [9.17, 15) is 22.8 Å². The predicted octanol–water partition coefficient (Wildman–Crippen LogP) is 3.81. The van der Waals surface area contributed by atoms with Crippen LogP contribution in [0.1, 0.15) is 53.4 Å². The summed E-state index contributed by atoms with van der Waals surface area (Å²) in [5, 5.41) is 2.37. The number of rotatable bonds is 4. The van der Waals surface area contributed by atoms with Crippen LogP contribution in [0, 0.1) is 11.8 Å². The van der Waals surface area contributed by atoms with E-state index in [0.29, 0.717) is 12.8 Å². The molecule has 0 aliphatic heterocycles. The number of nitrogens with one attached hydrogen (secondary N) is 1. The number of alkyl halides is 3. The molecule has 0 aromatic rings. The molecule has 5 nitrogen and oxygen atoms in total. The van der Waals surface area contributed by atoms with E-state index in [4.69, 9.17) is 9.47 Å². The molecule has 0 saturated heterocycles. The average molecular weight is 353 g/mol. The number of carbonyl (C=O) groups is 2. The zero-order valence-electron chi connectivity index (χ0n) is 14.5.